The minimum atomic E-state index is 0.157. The summed E-state index contributed by atoms with van der Waals surface area (Å²) in [5, 5.41) is 4.77. The van der Waals surface area contributed by atoms with Gasteiger partial charge in [0, 0.05) is 37.3 Å². The van der Waals surface area contributed by atoms with E-state index in [0.29, 0.717) is 18.5 Å². The Balaban J connectivity index is 1.62. The lowest BCUT2D eigenvalue weighted by Gasteiger charge is -2.53. The van der Waals surface area contributed by atoms with Crippen LogP contribution in [0.2, 0.25) is 0 Å². The normalized spacial score (nSPS) is 26.3. The second kappa shape index (κ2) is 7.32. The number of allylic oxidation sites excluding steroid dienone is 2. The number of aromatic nitrogens is 2. The van der Waals surface area contributed by atoms with Crippen molar-refractivity contribution in [3.8, 4) is 0 Å². The van der Waals surface area contributed by atoms with Gasteiger partial charge < -0.3 is 21.0 Å². The second-order valence-electron chi connectivity index (χ2n) is 8.66. The molecule has 1 aromatic heterocycles. The molecule has 3 N–H and O–H groups in total. The monoisotopic (exact) mass is 394 g/mol. The summed E-state index contributed by atoms with van der Waals surface area (Å²) < 4.78 is 1.64. The summed E-state index contributed by atoms with van der Waals surface area (Å²) in [6, 6.07) is 0.522. The third kappa shape index (κ3) is 2.96. The van der Waals surface area contributed by atoms with Crippen molar-refractivity contribution in [2.45, 2.75) is 45.2 Å². The zero-order chi connectivity index (χ0) is 20.8. The Morgan fingerprint density at radius 3 is 2.72 bits per heavy atom. The fourth-order valence-corrected chi connectivity index (χ4v) is 5.56. The van der Waals surface area contributed by atoms with Crippen LogP contribution in [0.4, 0.5) is 0 Å². The molecule has 1 aromatic rings. The molecule has 6 nitrogen and oxygen atoms in total. The molecule has 0 amide bonds. The Labute approximate surface area is 173 Å². The van der Waals surface area contributed by atoms with Crippen molar-refractivity contribution < 1.29 is 0 Å². The highest BCUT2D eigenvalue weighted by Gasteiger charge is 2.61. The molecule has 2 unspecified atom stereocenters. The average molecular weight is 395 g/mol. The number of hydrogen-bond donors (Lipinski definition) is 2. The number of rotatable bonds is 5. The van der Waals surface area contributed by atoms with E-state index in [0.717, 1.165) is 35.4 Å². The van der Waals surface area contributed by atoms with Gasteiger partial charge in [-0.2, -0.15) is 0 Å². The molecule has 1 spiro atoms. The summed E-state index contributed by atoms with van der Waals surface area (Å²) in [6.45, 7) is 17.5. The standard InChI is InChI=1S/C23H34N6/c1-6-7-11-20-16(2)29(24)22(26-20)13-28-17(3)23(14-27(15-23)18(4)25-5)19-10-8-9-12-21(19)28/h6-7,11,19,21,25H,2-4,8-10,12-15,24H2,1,5H3/b7-6-,20-11+. The molecule has 1 saturated carbocycles. The number of nitrogens with one attached hydrogen (secondary N) is 1. The third-order valence-electron chi connectivity index (χ3n) is 7.25. The molecule has 1 aliphatic carbocycles. The molecule has 3 heterocycles. The zero-order valence-corrected chi connectivity index (χ0v) is 17.8. The largest absolute Gasteiger partial charge is 0.375 e. The number of nitrogens with two attached hydrogens (primary N) is 1. The van der Waals surface area contributed by atoms with Gasteiger partial charge >= 0.3 is 0 Å². The summed E-state index contributed by atoms with van der Waals surface area (Å²) in [6.07, 6.45) is 11.0. The SMILES string of the molecule is C=C(NC)N1CC2(C1)C(=C)N(Cc1n/c(=C/C=C\C)c(=C)n1N)C1CCCCC12. The number of imidazole rings is 1. The van der Waals surface area contributed by atoms with Gasteiger partial charge in [0.1, 0.15) is 5.82 Å². The highest BCUT2D eigenvalue weighted by atomic mass is 15.4. The van der Waals surface area contributed by atoms with E-state index in [9.17, 15) is 0 Å². The number of fused-ring (bicyclic) bond motifs is 2. The molecule has 156 valence electrons. The second-order valence-corrected chi connectivity index (χ2v) is 8.66. The van der Waals surface area contributed by atoms with Crippen LogP contribution in [-0.4, -0.2) is 45.6 Å². The highest BCUT2D eigenvalue weighted by Crippen LogP contribution is 2.58. The maximum absolute atomic E-state index is 6.32. The average Bonchev–Trinajstić information content (AvgIpc) is 3.11. The van der Waals surface area contributed by atoms with E-state index in [-0.39, 0.29) is 5.41 Å². The minimum absolute atomic E-state index is 0.157. The van der Waals surface area contributed by atoms with E-state index in [1.54, 1.807) is 4.68 Å². The molecule has 3 aliphatic rings. The van der Waals surface area contributed by atoms with E-state index >= 15 is 0 Å². The predicted octanol–water partition coefficient (Wildman–Crippen LogP) is 1.24. The van der Waals surface area contributed by atoms with Crippen molar-refractivity contribution in [3.63, 3.8) is 0 Å². The van der Waals surface area contributed by atoms with Crippen molar-refractivity contribution in [2.24, 2.45) is 11.3 Å². The summed E-state index contributed by atoms with van der Waals surface area (Å²) in [5.41, 5.74) is 1.41. The molecule has 0 radical (unpaired) electrons. The maximum Gasteiger partial charge on any atom is 0.147 e. The Morgan fingerprint density at radius 2 is 2.03 bits per heavy atom. The van der Waals surface area contributed by atoms with E-state index in [4.69, 9.17) is 10.8 Å². The molecule has 2 atom stereocenters. The first kappa shape index (κ1) is 19.7. The first-order valence-corrected chi connectivity index (χ1v) is 10.6. The van der Waals surface area contributed by atoms with Crippen molar-refractivity contribution >= 4 is 12.7 Å². The smallest absolute Gasteiger partial charge is 0.147 e. The van der Waals surface area contributed by atoms with Gasteiger partial charge in [-0.1, -0.05) is 44.7 Å². The fourth-order valence-electron chi connectivity index (χ4n) is 5.56. The van der Waals surface area contributed by atoms with Crippen molar-refractivity contribution in [1.29, 1.82) is 0 Å². The summed E-state index contributed by atoms with van der Waals surface area (Å²) in [5.74, 6) is 8.82. The van der Waals surface area contributed by atoms with Gasteiger partial charge in [-0.3, -0.25) is 0 Å². The van der Waals surface area contributed by atoms with Crippen LogP contribution in [0.1, 0.15) is 38.4 Å². The Kier molecular flexibility index (Phi) is 4.97. The summed E-state index contributed by atoms with van der Waals surface area (Å²) >= 11 is 0. The molecular weight excluding hydrogens is 360 g/mol. The quantitative estimate of drug-likeness (QED) is 0.736. The lowest BCUT2D eigenvalue weighted by atomic mass is 9.64. The molecule has 2 aliphatic heterocycles. The van der Waals surface area contributed by atoms with E-state index < -0.39 is 0 Å². The molecule has 29 heavy (non-hydrogen) atoms. The van der Waals surface area contributed by atoms with Gasteiger partial charge in [0.2, 0.25) is 0 Å². The van der Waals surface area contributed by atoms with Crippen LogP contribution in [-0.2, 0) is 6.54 Å². The molecule has 4 rings (SSSR count). The summed E-state index contributed by atoms with van der Waals surface area (Å²) in [7, 11) is 1.94. The van der Waals surface area contributed by atoms with Gasteiger partial charge in [-0.15, -0.1) is 0 Å². The van der Waals surface area contributed by atoms with Crippen molar-refractivity contribution in [1.82, 2.24) is 24.8 Å². The van der Waals surface area contributed by atoms with Crippen LogP contribution in [0.25, 0.3) is 12.7 Å². The predicted molar refractivity (Wildman–Crippen MR) is 119 cm³/mol. The lowest BCUT2D eigenvalue weighted by molar-refractivity contribution is 0.00623. The first-order chi connectivity index (χ1) is 13.9. The van der Waals surface area contributed by atoms with Crippen LogP contribution < -0.4 is 21.9 Å². The number of nitrogens with zero attached hydrogens (tertiary/aromatic N) is 4. The Morgan fingerprint density at radius 1 is 1.31 bits per heavy atom. The highest BCUT2D eigenvalue weighted by molar-refractivity contribution is 5.35. The van der Waals surface area contributed by atoms with Crippen LogP contribution >= 0.6 is 0 Å². The molecule has 0 aromatic carbocycles. The molecule has 2 saturated heterocycles. The van der Waals surface area contributed by atoms with Crippen LogP contribution in [0.3, 0.4) is 0 Å². The molecule has 0 bridgehead atoms. The first-order valence-electron chi connectivity index (χ1n) is 10.6. The van der Waals surface area contributed by atoms with Gasteiger partial charge in [0.05, 0.1) is 23.1 Å². The van der Waals surface area contributed by atoms with E-state index in [1.807, 2.05) is 32.2 Å². The van der Waals surface area contributed by atoms with Gasteiger partial charge in [-0.25, -0.2) is 9.66 Å². The molecule has 6 heteroatoms. The van der Waals surface area contributed by atoms with Gasteiger partial charge in [-0.05, 0) is 31.8 Å². The Bertz CT molecular complexity index is 949. The topological polar surface area (TPSA) is 62.3 Å². The lowest BCUT2D eigenvalue weighted by Crippen LogP contribution is -2.60. The number of likely N-dealkylation sites (tertiary alicyclic amines) is 2. The van der Waals surface area contributed by atoms with Crippen LogP contribution in [0, 0.1) is 11.3 Å². The molecule has 3 fully saturated rings. The van der Waals surface area contributed by atoms with E-state index in [1.165, 1.54) is 31.4 Å². The van der Waals surface area contributed by atoms with Gasteiger partial charge in [0.25, 0.3) is 0 Å². The minimum Gasteiger partial charge on any atom is -0.375 e. The summed E-state index contributed by atoms with van der Waals surface area (Å²) in [4.78, 5) is 9.61. The number of nitrogen functional groups attached to an aromatic ring is 1. The van der Waals surface area contributed by atoms with Crippen LogP contribution in [0.15, 0.2) is 36.8 Å². The number of hydrogen-bond acceptors (Lipinski definition) is 5. The van der Waals surface area contributed by atoms with Crippen molar-refractivity contribution in [3.05, 3.63) is 53.4 Å². The van der Waals surface area contributed by atoms with Crippen LogP contribution in [0.5, 0.6) is 0 Å². The Hall–Kier alpha value is -2.63. The molecular formula is C23H34N6. The zero-order valence-electron chi connectivity index (χ0n) is 17.8. The third-order valence-corrected chi connectivity index (χ3v) is 7.25. The van der Waals surface area contributed by atoms with Crippen molar-refractivity contribution in [2.75, 3.05) is 26.0 Å². The maximum atomic E-state index is 6.32. The fraction of sp³-hybridized carbons (Fsp3) is 0.522. The van der Waals surface area contributed by atoms with E-state index in [2.05, 4.69) is 34.9 Å². The van der Waals surface area contributed by atoms with Gasteiger partial charge in [0.15, 0.2) is 0 Å².